The van der Waals surface area contributed by atoms with Crippen LogP contribution < -0.4 is 10.1 Å². The van der Waals surface area contributed by atoms with Crippen LogP contribution in [0.2, 0.25) is 0 Å². The summed E-state index contributed by atoms with van der Waals surface area (Å²) in [5.41, 5.74) is 2.97. The molecule has 1 amide bonds. The summed E-state index contributed by atoms with van der Waals surface area (Å²) in [5, 5.41) is 11.0. The van der Waals surface area contributed by atoms with E-state index in [1.54, 1.807) is 0 Å². The molecule has 0 saturated heterocycles. The first-order valence-corrected chi connectivity index (χ1v) is 9.08. The first-order chi connectivity index (χ1) is 12.6. The minimum absolute atomic E-state index is 0.128. The van der Waals surface area contributed by atoms with E-state index in [0.29, 0.717) is 11.1 Å². The number of thioether (sulfide) groups is 1. The van der Waals surface area contributed by atoms with Crippen molar-refractivity contribution >= 4 is 23.4 Å². The lowest BCUT2D eigenvalue weighted by atomic mass is 10.2. The molecule has 6 nitrogen and oxygen atoms in total. The van der Waals surface area contributed by atoms with E-state index in [-0.39, 0.29) is 18.3 Å². The Morgan fingerprint density at radius 3 is 2.65 bits per heavy atom. The molecule has 7 heteroatoms. The number of aryl methyl sites for hydroxylation is 2. The first kappa shape index (κ1) is 18.0. The van der Waals surface area contributed by atoms with Crippen LogP contribution in [0.25, 0.3) is 0 Å². The highest BCUT2D eigenvalue weighted by Crippen LogP contribution is 2.19. The number of hydrogen-bond acceptors (Lipinski definition) is 6. The van der Waals surface area contributed by atoms with Crippen LogP contribution >= 0.6 is 11.8 Å². The van der Waals surface area contributed by atoms with Crippen LogP contribution in [0.5, 0.6) is 5.75 Å². The lowest BCUT2D eigenvalue weighted by Crippen LogP contribution is -2.13. The van der Waals surface area contributed by atoms with E-state index in [9.17, 15) is 4.79 Å². The van der Waals surface area contributed by atoms with Gasteiger partial charge < -0.3 is 14.5 Å². The maximum absolute atomic E-state index is 12.0. The minimum Gasteiger partial charge on any atom is -0.484 e. The number of nitrogens with zero attached hydrogens (tertiary/aromatic N) is 2. The van der Waals surface area contributed by atoms with Gasteiger partial charge in [-0.2, -0.15) is 0 Å². The van der Waals surface area contributed by atoms with Crippen molar-refractivity contribution in [2.24, 2.45) is 0 Å². The number of anilines is 1. The Morgan fingerprint density at radius 1 is 1.12 bits per heavy atom. The van der Waals surface area contributed by atoms with Crippen LogP contribution in [0, 0.1) is 13.8 Å². The second-order valence-corrected chi connectivity index (χ2v) is 6.70. The molecule has 0 spiro atoms. The summed E-state index contributed by atoms with van der Waals surface area (Å²) in [6.45, 7) is 4.16. The topological polar surface area (TPSA) is 77.2 Å². The maximum Gasteiger partial charge on any atom is 0.277 e. The molecule has 0 aliphatic carbocycles. The predicted molar refractivity (Wildman–Crippen MR) is 100 cm³/mol. The number of hydrogen-bond donors (Lipinski definition) is 1. The summed E-state index contributed by atoms with van der Waals surface area (Å²) in [4.78, 5) is 12.0. The van der Waals surface area contributed by atoms with Gasteiger partial charge in [-0.1, -0.05) is 36.0 Å². The third kappa shape index (κ3) is 5.35. The smallest absolute Gasteiger partial charge is 0.277 e. The number of benzene rings is 2. The molecule has 3 rings (SSSR count). The van der Waals surface area contributed by atoms with Crippen molar-refractivity contribution in [2.75, 3.05) is 11.1 Å². The van der Waals surface area contributed by atoms with Gasteiger partial charge in [0.25, 0.3) is 11.1 Å². The monoisotopic (exact) mass is 369 g/mol. The van der Waals surface area contributed by atoms with Crippen LogP contribution in [-0.4, -0.2) is 21.9 Å². The Kier molecular flexibility index (Phi) is 5.91. The Labute approximate surface area is 156 Å². The van der Waals surface area contributed by atoms with Gasteiger partial charge in [-0.3, -0.25) is 4.79 Å². The quantitative estimate of drug-likeness (QED) is 0.635. The Balaban J connectivity index is 1.46. The fourth-order valence-corrected chi connectivity index (χ4v) is 2.83. The maximum atomic E-state index is 12.0. The van der Waals surface area contributed by atoms with Crippen molar-refractivity contribution in [2.45, 2.75) is 25.7 Å². The molecule has 0 saturated carbocycles. The Morgan fingerprint density at radius 2 is 1.88 bits per heavy atom. The predicted octanol–water partition coefficient (Wildman–Crippen LogP) is 4.00. The van der Waals surface area contributed by atoms with Gasteiger partial charge >= 0.3 is 0 Å². The summed E-state index contributed by atoms with van der Waals surface area (Å²) < 4.78 is 11.1. The average Bonchev–Trinajstić information content (AvgIpc) is 3.06. The summed E-state index contributed by atoms with van der Waals surface area (Å²) >= 11 is 1.19. The molecule has 3 aromatic rings. The highest BCUT2D eigenvalue weighted by atomic mass is 32.2. The van der Waals surface area contributed by atoms with E-state index in [2.05, 4.69) is 15.5 Å². The number of aromatic nitrogens is 2. The Hall–Kier alpha value is -2.80. The average molecular weight is 369 g/mol. The molecule has 0 fully saturated rings. The number of carbonyl (C=O) groups is 1. The molecule has 0 aliphatic rings. The lowest BCUT2D eigenvalue weighted by Gasteiger charge is -2.04. The van der Waals surface area contributed by atoms with Crippen molar-refractivity contribution in [1.82, 2.24) is 10.2 Å². The zero-order chi connectivity index (χ0) is 18.4. The van der Waals surface area contributed by atoms with E-state index in [1.165, 1.54) is 11.8 Å². The molecule has 0 radical (unpaired) electrons. The molecule has 134 valence electrons. The van der Waals surface area contributed by atoms with Gasteiger partial charge in [0.1, 0.15) is 5.75 Å². The molecular weight excluding hydrogens is 350 g/mol. The molecule has 0 bridgehead atoms. The number of amides is 1. The van der Waals surface area contributed by atoms with Gasteiger partial charge in [0.15, 0.2) is 6.61 Å². The van der Waals surface area contributed by atoms with Gasteiger partial charge in [0, 0.05) is 5.69 Å². The van der Waals surface area contributed by atoms with Gasteiger partial charge in [0.2, 0.25) is 5.91 Å². The molecule has 0 unspecified atom stereocenters. The summed E-state index contributed by atoms with van der Waals surface area (Å²) in [7, 11) is 0. The molecule has 26 heavy (non-hydrogen) atoms. The number of nitrogens with one attached hydrogen (secondary N) is 1. The van der Waals surface area contributed by atoms with Crippen LogP contribution in [0.15, 0.2) is 58.2 Å². The van der Waals surface area contributed by atoms with Crippen molar-refractivity contribution in [3.05, 3.63) is 65.5 Å². The van der Waals surface area contributed by atoms with E-state index < -0.39 is 0 Å². The zero-order valence-corrected chi connectivity index (χ0v) is 15.4. The van der Waals surface area contributed by atoms with E-state index in [0.717, 1.165) is 22.6 Å². The van der Waals surface area contributed by atoms with Crippen molar-refractivity contribution in [3.8, 4) is 5.75 Å². The number of carbonyl (C=O) groups excluding carboxylic acids is 1. The summed E-state index contributed by atoms with van der Waals surface area (Å²) in [6, 6.07) is 15.4. The molecule has 2 aromatic carbocycles. The van der Waals surface area contributed by atoms with Gasteiger partial charge in [0.05, 0.1) is 5.75 Å². The largest absolute Gasteiger partial charge is 0.484 e. The molecular formula is C19H19N3O3S. The summed E-state index contributed by atoms with van der Waals surface area (Å²) in [6.07, 6.45) is 0. The molecule has 1 N–H and O–H groups in total. The zero-order valence-electron chi connectivity index (χ0n) is 14.6. The highest BCUT2D eigenvalue weighted by molar-refractivity contribution is 7.99. The fraction of sp³-hybridized carbons (Fsp3) is 0.211. The first-order valence-electron chi connectivity index (χ1n) is 8.10. The normalized spacial score (nSPS) is 10.5. The van der Waals surface area contributed by atoms with Crippen LogP contribution in [0.3, 0.4) is 0 Å². The van der Waals surface area contributed by atoms with Gasteiger partial charge in [-0.15, -0.1) is 10.2 Å². The van der Waals surface area contributed by atoms with Crippen molar-refractivity contribution in [3.63, 3.8) is 0 Å². The second kappa shape index (κ2) is 8.53. The third-order valence-electron chi connectivity index (χ3n) is 3.43. The van der Waals surface area contributed by atoms with Gasteiger partial charge in [-0.05, 0) is 49.2 Å². The van der Waals surface area contributed by atoms with Crippen LogP contribution in [0.1, 0.15) is 17.0 Å². The van der Waals surface area contributed by atoms with Crippen molar-refractivity contribution in [1.29, 1.82) is 0 Å². The molecule has 1 aromatic heterocycles. The highest BCUT2D eigenvalue weighted by Gasteiger charge is 2.10. The number of ether oxygens (including phenoxy) is 1. The Bertz CT molecular complexity index is 895. The standard InChI is InChI=1S/C19H19N3O3S/c1-13-5-3-7-15(9-13)20-17(23)12-26-19-22-21-18(25-19)11-24-16-8-4-6-14(2)10-16/h3-10H,11-12H2,1-2H3,(H,20,23). The fourth-order valence-electron chi connectivity index (χ4n) is 2.25. The lowest BCUT2D eigenvalue weighted by molar-refractivity contribution is -0.113. The van der Waals surface area contributed by atoms with Crippen LogP contribution in [0.4, 0.5) is 5.69 Å². The summed E-state index contributed by atoms with van der Waals surface area (Å²) in [5.74, 6) is 1.17. The molecule has 0 aliphatic heterocycles. The van der Waals surface area contributed by atoms with E-state index >= 15 is 0 Å². The van der Waals surface area contributed by atoms with Gasteiger partial charge in [-0.25, -0.2) is 0 Å². The SMILES string of the molecule is Cc1cccc(NC(=O)CSc2nnc(COc3cccc(C)c3)o2)c1. The van der Waals surface area contributed by atoms with E-state index in [1.807, 2.05) is 62.4 Å². The molecule has 1 heterocycles. The third-order valence-corrected chi connectivity index (χ3v) is 4.25. The molecule has 0 atom stereocenters. The van der Waals surface area contributed by atoms with Crippen molar-refractivity contribution < 1.29 is 13.9 Å². The minimum atomic E-state index is -0.128. The number of rotatable bonds is 7. The van der Waals surface area contributed by atoms with E-state index in [4.69, 9.17) is 9.15 Å². The van der Waals surface area contributed by atoms with Crippen LogP contribution in [-0.2, 0) is 11.4 Å². The second-order valence-electron chi connectivity index (χ2n) is 5.77.